The normalized spacial score (nSPS) is 36.5. The SMILES string of the molecule is CNc1cncc(C(=O)NC23CC4CC(CC(C4)C2)C3)n1. The minimum absolute atomic E-state index is 0.0309. The second-order valence-corrected chi connectivity index (χ2v) is 7.19. The number of nitrogens with zero attached hydrogens (tertiary/aromatic N) is 2. The Hall–Kier alpha value is -1.65. The lowest BCUT2D eigenvalue weighted by atomic mass is 9.53. The zero-order valence-electron chi connectivity index (χ0n) is 12.4. The van der Waals surface area contributed by atoms with Crippen molar-refractivity contribution in [3.8, 4) is 0 Å². The Morgan fingerprint density at radius 1 is 1.14 bits per heavy atom. The molecule has 4 aliphatic carbocycles. The third-order valence-electron chi connectivity index (χ3n) is 5.54. The summed E-state index contributed by atoms with van der Waals surface area (Å²) in [6.45, 7) is 0. The van der Waals surface area contributed by atoms with Crippen molar-refractivity contribution in [3.05, 3.63) is 18.1 Å². The average molecular weight is 286 g/mol. The number of aromatic nitrogens is 2. The molecule has 1 amide bonds. The van der Waals surface area contributed by atoms with Gasteiger partial charge in [-0.3, -0.25) is 9.78 Å². The molecule has 1 aromatic rings. The van der Waals surface area contributed by atoms with E-state index >= 15 is 0 Å². The summed E-state index contributed by atoms with van der Waals surface area (Å²) in [6, 6.07) is 0. The molecular formula is C16H22N4O. The fraction of sp³-hybridized carbons (Fsp3) is 0.688. The maximum absolute atomic E-state index is 12.6. The van der Waals surface area contributed by atoms with Gasteiger partial charge >= 0.3 is 0 Å². The van der Waals surface area contributed by atoms with E-state index in [0.717, 1.165) is 37.0 Å². The predicted octanol–water partition coefficient (Wildman–Crippen LogP) is 2.22. The Labute approximate surface area is 124 Å². The molecule has 0 saturated heterocycles. The Balaban J connectivity index is 1.54. The maximum Gasteiger partial charge on any atom is 0.272 e. The number of carbonyl (C=O) groups is 1. The van der Waals surface area contributed by atoms with Gasteiger partial charge in [0.25, 0.3) is 5.91 Å². The second-order valence-electron chi connectivity index (χ2n) is 7.19. The largest absolute Gasteiger partial charge is 0.372 e. The van der Waals surface area contributed by atoms with Crippen LogP contribution in [-0.2, 0) is 0 Å². The molecule has 5 rings (SSSR count). The van der Waals surface area contributed by atoms with Gasteiger partial charge in [0, 0.05) is 12.6 Å². The minimum Gasteiger partial charge on any atom is -0.372 e. The van der Waals surface area contributed by atoms with E-state index in [1.165, 1.54) is 19.3 Å². The van der Waals surface area contributed by atoms with Crippen molar-refractivity contribution < 1.29 is 4.79 Å². The molecule has 2 N–H and O–H groups in total. The van der Waals surface area contributed by atoms with E-state index in [1.807, 2.05) is 0 Å². The summed E-state index contributed by atoms with van der Waals surface area (Å²) in [5.41, 5.74) is 0.445. The maximum atomic E-state index is 12.6. The molecule has 1 heterocycles. The zero-order chi connectivity index (χ0) is 14.4. The van der Waals surface area contributed by atoms with Crippen LogP contribution in [0.4, 0.5) is 5.82 Å². The molecule has 0 spiro atoms. The highest BCUT2D eigenvalue weighted by Gasteiger charge is 2.51. The van der Waals surface area contributed by atoms with Crippen molar-refractivity contribution in [2.45, 2.75) is 44.1 Å². The van der Waals surface area contributed by atoms with Gasteiger partial charge in [-0.25, -0.2) is 4.98 Å². The third-order valence-corrected chi connectivity index (χ3v) is 5.54. The van der Waals surface area contributed by atoms with Crippen LogP contribution in [0.15, 0.2) is 12.4 Å². The summed E-state index contributed by atoms with van der Waals surface area (Å²) < 4.78 is 0. The third kappa shape index (κ3) is 2.28. The van der Waals surface area contributed by atoms with Crippen LogP contribution in [0.5, 0.6) is 0 Å². The first-order valence-corrected chi connectivity index (χ1v) is 7.98. The molecule has 4 saturated carbocycles. The molecule has 5 heteroatoms. The lowest BCUT2D eigenvalue weighted by Crippen LogP contribution is -2.59. The molecule has 0 aliphatic heterocycles. The highest BCUT2D eigenvalue weighted by molar-refractivity contribution is 5.92. The standard InChI is InChI=1S/C16H22N4O/c1-17-14-9-18-8-13(19-14)15(21)20-16-5-10-2-11(6-16)4-12(3-10)7-16/h8-12H,2-7H2,1H3,(H,17,19)(H,20,21). The number of hydrogen-bond acceptors (Lipinski definition) is 4. The van der Waals surface area contributed by atoms with E-state index in [1.54, 1.807) is 19.4 Å². The van der Waals surface area contributed by atoms with Gasteiger partial charge in [0.05, 0.1) is 12.4 Å². The van der Waals surface area contributed by atoms with Crippen molar-refractivity contribution in [3.63, 3.8) is 0 Å². The highest BCUT2D eigenvalue weighted by atomic mass is 16.2. The van der Waals surface area contributed by atoms with Crippen molar-refractivity contribution in [1.82, 2.24) is 15.3 Å². The zero-order valence-corrected chi connectivity index (χ0v) is 12.4. The van der Waals surface area contributed by atoms with Crippen LogP contribution in [0, 0.1) is 17.8 Å². The number of carbonyl (C=O) groups excluding carboxylic acids is 1. The van der Waals surface area contributed by atoms with E-state index in [2.05, 4.69) is 20.6 Å². The van der Waals surface area contributed by atoms with Gasteiger partial charge in [-0.2, -0.15) is 0 Å². The van der Waals surface area contributed by atoms with Gasteiger partial charge < -0.3 is 10.6 Å². The first kappa shape index (κ1) is 13.0. The fourth-order valence-electron chi connectivity index (χ4n) is 5.16. The second kappa shape index (κ2) is 4.68. The lowest BCUT2D eigenvalue weighted by molar-refractivity contribution is -0.0167. The number of amides is 1. The van der Waals surface area contributed by atoms with Gasteiger partial charge in [0.15, 0.2) is 0 Å². The van der Waals surface area contributed by atoms with E-state index in [0.29, 0.717) is 11.5 Å². The van der Waals surface area contributed by atoms with Crippen LogP contribution < -0.4 is 10.6 Å². The van der Waals surface area contributed by atoms with E-state index in [-0.39, 0.29) is 11.4 Å². The topological polar surface area (TPSA) is 66.9 Å². The summed E-state index contributed by atoms with van der Waals surface area (Å²) in [5.74, 6) is 3.04. The fourth-order valence-corrected chi connectivity index (χ4v) is 5.16. The molecule has 4 fully saturated rings. The summed E-state index contributed by atoms with van der Waals surface area (Å²) in [4.78, 5) is 20.9. The summed E-state index contributed by atoms with van der Waals surface area (Å²) >= 11 is 0. The van der Waals surface area contributed by atoms with Gasteiger partial charge in [0.1, 0.15) is 11.5 Å². The van der Waals surface area contributed by atoms with Gasteiger partial charge in [-0.1, -0.05) is 0 Å². The number of hydrogen-bond donors (Lipinski definition) is 2. The van der Waals surface area contributed by atoms with Crippen LogP contribution >= 0.6 is 0 Å². The first-order chi connectivity index (χ1) is 10.2. The van der Waals surface area contributed by atoms with Crippen LogP contribution in [-0.4, -0.2) is 28.5 Å². The summed E-state index contributed by atoms with van der Waals surface area (Å²) in [7, 11) is 1.78. The van der Waals surface area contributed by atoms with Crippen molar-refractivity contribution >= 4 is 11.7 Å². The molecule has 112 valence electrons. The molecule has 0 aromatic carbocycles. The Morgan fingerprint density at radius 3 is 2.33 bits per heavy atom. The molecule has 1 aromatic heterocycles. The Bertz CT molecular complexity index is 536. The Morgan fingerprint density at radius 2 is 1.76 bits per heavy atom. The number of rotatable bonds is 3. The molecule has 4 aliphatic rings. The van der Waals surface area contributed by atoms with Crippen LogP contribution in [0.1, 0.15) is 49.0 Å². The van der Waals surface area contributed by atoms with E-state index in [4.69, 9.17) is 0 Å². The van der Waals surface area contributed by atoms with Crippen molar-refractivity contribution in [2.24, 2.45) is 17.8 Å². The molecular weight excluding hydrogens is 264 g/mol. The van der Waals surface area contributed by atoms with Crippen molar-refractivity contribution in [1.29, 1.82) is 0 Å². The number of anilines is 1. The molecule has 4 bridgehead atoms. The molecule has 0 atom stereocenters. The molecule has 5 nitrogen and oxygen atoms in total. The molecule has 0 radical (unpaired) electrons. The summed E-state index contributed by atoms with van der Waals surface area (Å²) in [6.07, 6.45) is 10.8. The van der Waals surface area contributed by atoms with Crippen molar-refractivity contribution in [2.75, 3.05) is 12.4 Å². The highest BCUT2D eigenvalue weighted by Crippen LogP contribution is 2.55. The predicted molar refractivity (Wildman–Crippen MR) is 79.9 cm³/mol. The lowest BCUT2D eigenvalue weighted by Gasteiger charge is -2.56. The summed E-state index contributed by atoms with van der Waals surface area (Å²) in [5, 5.41) is 6.25. The smallest absolute Gasteiger partial charge is 0.272 e. The van der Waals surface area contributed by atoms with Crippen LogP contribution in [0.3, 0.4) is 0 Å². The molecule has 0 unspecified atom stereocenters. The van der Waals surface area contributed by atoms with Gasteiger partial charge in [-0.05, 0) is 56.3 Å². The van der Waals surface area contributed by atoms with Gasteiger partial charge in [0.2, 0.25) is 0 Å². The quantitative estimate of drug-likeness (QED) is 0.894. The van der Waals surface area contributed by atoms with E-state index in [9.17, 15) is 4.79 Å². The Kier molecular flexibility index (Phi) is 2.91. The van der Waals surface area contributed by atoms with Crippen LogP contribution in [0.25, 0.3) is 0 Å². The molecule has 21 heavy (non-hydrogen) atoms. The van der Waals surface area contributed by atoms with E-state index < -0.39 is 0 Å². The average Bonchev–Trinajstić information content (AvgIpc) is 2.45. The monoisotopic (exact) mass is 286 g/mol. The minimum atomic E-state index is -0.0680. The van der Waals surface area contributed by atoms with Gasteiger partial charge in [-0.15, -0.1) is 0 Å². The first-order valence-electron chi connectivity index (χ1n) is 7.98. The van der Waals surface area contributed by atoms with Crippen LogP contribution in [0.2, 0.25) is 0 Å². The number of nitrogens with one attached hydrogen (secondary N) is 2.